The first-order valence-corrected chi connectivity index (χ1v) is 9.88. The van der Waals surface area contributed by atoms with Crippen LogP contribution in [0.4, 0.5) is 11.5 Å². The second kappa shape index (κ2) is 7.55. The molecule has 0 radical (unpaired) electrons. The lowest BCUT2D eigenvalue weighted by Crippen LogP contribution is -2.08. The van der Waals surface area contributed by atoms with Gasteiger partial charge in [-0.15, -0.1) is 0 Å². The van der Waals surface area contributed by atoms with Crippen LogP contribution in [0.3, 0.4) is 0 Å². The van der Waals surface area contributed by atoms with Crippen LogP contribution in [0.5, 0.6) is 0 Å². The molecular formula is C24H20N4O2. The fourth-order valence-electron chi connectivity index (χ4n) is 3.58. The van der Waals surface area contributed by atoms with Crippen molar-refractivity contribution >= 4 is 28.4 Å². The fourth-order valence-corrected chi connectivity index (χ4v) is 3.58. The van der Waals surface area contributed by atoms with Crippen LogP contribution in [0.1, 0.15) is 34.7 Å². The van der Waals surface area contributed by atoms with Gasteiger partial charge in [0.15, 0.2) is 0 Å². The van der Waals surface area contributed by atoms with E-state index in [4.69, 9.17) is 4.74 Å². The Morgan fingerprint density at radius 2 is 1.87 bits per heavy atom. The summed E-state index contributed by atoms with van der Waals surface area (Å²) in [6.45, 7) is 0. The first-order chi connectivity index (χ1) is 14.7. The van der Waals surface area contributed by atoms with Crippen molar-refractivity contribution in [2.24, 2.45) is 0 Å². The summed E-state index contributed by atoms with van der Waals surface area (Å²) in [5.41, 5.74) is 5.04. The summed E-state index contributed by atoms with van der Waals surface area (Å²) in [7, 11) is 1.38. The number of esters is 1. The number of hydrogen-bond donors (Lipinski definition) is 1. The molecule has 1 saturated carbocycles. The summed E-state index contributed by atoms with van der Waals surface area (Å²) in [5, 5.41) is 4.21. The summed E-state index contributed by atoms with van der Waals surface area (Å²) >= 11 is 0. The molecule has 1 aliphatic rings. The van der Waals surface area contributed by atoms with Gasteiger partial charge in [0.25, 0.3) is 0 Å². The van der Waals surface area contributed by atoms with Crippen LogP contribution in [0.15, 0.2) is 67.1 Å². The molecule has 0 bridgehead atoms. The number of nitrogens with one attached hydrogen (secondary N) is 1. The van der Waals surface area contributed by atoms with Crippen molar-refractivity contribution in [3.8, 4) is 11.3 Å². The highest BCUT2D eigenvalue weighted by atomic mass is 16.5. The van der Waals surface area contributed by atoms with Crippen LogP contribution in [0, 0.1) is 0 Å². The molecule has 1 N–H and O–H groups in total. The molecule has 0 aliphatic heterocycles. The van der Waals surface area contributed by atoms with Gasteiger partial charge in [-0.1, -0.05) is 30.3 Å². The van der Waals surface area contributed by atoms with Crippen molar-refractivity contribution in [3.05, 3.63) is 78.2 Å². The topological polar surface area (TPSA) is 77.0 Å². The zero-order valence-electron chi connectivity index (χ0n) is 16.5. The van der Waals surface area contributed by atoms with Crippen molar-refractivity contribution in [2.45, 2.75) is 18.8 Å². The minimum atomic E-state index is -0.401. The number of nitrogens with zero attached hydrogens (tertiary/aromatic N) is 3. The van der Waals surface area contributed by atoms with Gasteiger partial charge in [0.05, 0.1) is 18.3 Å². The summed E-state index contributed by atoms with van der Waals surface area (Å²) < 4.78 is 4.97. The van der Waals surface area contributed by atoms with Gasteiger partial charge >= 0.3 is 5.97 Å². The monoisotopic (exact) mass is 396 g/mol. The van der Waals surface area contributed by atoms with E-state index in [1.807, 2.05) is 60.8 Å². The van der Waals surface area contributed by atoms with Crippen molar-refractivity contribution in [2.75, 3.05) is 12.4 Å². The molecule has 148 valence electrons. The molecule has 6 heteroatoms. The maximum atomic E-state index is 12.3. The third kappa shape index (κ3) is 3.48. The van der Waals surface area contributed by atoms with E-state index in [9.17, 15) is 4.79 Å². The second-order valence-corrected chi connectivity index (χ2v) is 7.38. The molecule has 2 aromatic carbocycles. The third-order valence-electron chi connectivity index (χ3n) is 5.31. The second-order valence-electron chi connectivity index (χ2n) is 7.38. The lowest BCUT2D eigenvalue weighted by molar-refractivity contribution is 0.0601. The van der Waals surface area contributed by atoms with E-state index in [0.29, 0.717) is 17.3 Å². The van der Waals surface area contributed by atoms with Gasteiger partial charge in [-0.2, -0.15) is 0 Å². The number of carbonyl (C=O) groups is 1. The first-order valence-electron chi connectivity index (χ1n) is 9.88. The molecule has 5 rings (SSSR count). The van der Waals surface area contributed by atoms with Gasteiger partial charge in [-0.3, -0.25) is 0 Å². The first kappa shape index (κ1) is 18.2. The zero-order valence-corrected chi connectivity index (χ0v) is 16.5. The maximum absolute atomic E-state index is 12.3. The largest absolute Gasteiger partial charge is 0.465 e. The van der Waals surface area contributed by atoms with Gasteiger partial charge in [-0.05, 0) is 48.6 Å². The molecule has 6 nitrogen and oxygen atoms in total. The highest BCUT2D eigenvalue weighted by Crippen LogP contribution is 2.40. The predicted molar refractivity (Wildman–Crippen MR) is 116 cm³/mol. The number of aromatic nitrogens is 3. The van der Waals surface area contributed by atoms with Crippen LogP contribution in [-0.4, -0.2) is 28.0 Å². The summed E-state index contributed by atoms with van der Waals surface area (Å²) in [4.78, 5) is 25.7. The number of anilines is 2. The number of carbonyl (C=O) groups excluding carboxylic acids is 1. The molecule has 0 unspecified atom stereocenters. The number of methoxy groups -OCH3 is 1. The number of pyridine rings is 1. The standard InChI is InChI=1S/C24H20N4O2/c1-30-24(29)20-11-17(15-7-8-15)13-25-23(20)28-18-9-10-19-21(12-18)26-14-27-22(19)16-5-3-2-4-6-16/h2-6,9-15H,7-8H2,1H3,(H,25,28). The average molecular weight is 396 g/mol. The third-order valence-corrected chi connectivity index (χ3v) is 5.31. The molecular weight excluding hydrogens is 376 g/mol. The van der Waals surface area contributed by atoms with Crippen LogP contribution < -0.4 is 5.32 Å². The van der Waals surface area contributed by atoms with E-state index in [0.717, 1.165) is 46.3 Å². The molecule has 2 heterocycles. The molecule has 30 heavy (non-hydrogen) atoms. The number of ether oxygens (including phenoxy) is 1. The Labute approximate surface area is 174 Å². The van der Waals surface area contributed by atoms with Gasteiger partial charge in [0.1, 0.15) is 17.7 Å². The van der Waals surface area contributed by atoms with Gasteiger partial charge in [0, 0.05) is 22.8 Å². The number of hydrogen-bond acceptors (Lipinski definition) is 6. The number of benzene rings is 2. The van der Waals surface area contributed by atoms with Crippen LogP contribution in [0.25, 0.3) is 22.2 Å². The fraction of sp³-hybridized carbons (Fsp3) is 0.167. The van der Waals surface area contributed by atoms with Crippen molar-refractivity contribution in [3.63, 3.8) is 0 Å². The SMILES string of the molecule is COC(=O)c1cc(C2CC2)cnc1Nc1ccc2c(-c3ccccc3)ncnc2c1. The Kier molecular flexibility index (Phi) is 4.59. The Hall–Kier alpha value is -3.80. The summed E-state index contributed by atoms with van der Waals surface area (Å²) in [6.07, 6.45) is 5.69. The highest BCUT2D eigenvalue weighted by molar-refractivity contribution is 5.97. The lowest BCUT2D eigenvalue weighted by atomic mass is 10.1. The number of rotatable bonds is 5. The van der Waals surface area contributed by atoms with Crippen LogP contribution in [0.2, 0.25) is 0 Å². The maximum Gasteiger partial charge on any atom is 0.341 e. The minimum absolute atomic E-state index is 0.401. The Balaban J connectivity index is 1.51. The Morgan fingerprint density at radius 1 is 1.03 bits per heavy atom. The van der Waals surface area contributed by atoms with E-state index in [2.05, 4.69) is 20.3 Å². The minimum Gasteiger partial charge on any atom is -0.465 e. The lowest BCUT2D eigenvalue weighted by Gasteiger charge is -2.12. The van der Waals surface area contributed by atoms with E-state index < -0.39 is 5.97 Å². The molecule has 0 amide bonds. The molecule has 1 fully saturated rings. The Bertz CT molecular complexity index is 1240. The summed E-state index contributed by atoms with van der Waals surface area (Å²) in [5.74, 6) is 0.577. The molecule has 0 saturated heterocycles. The van der Waals surface area contributed by atoms with E-state index in [1.54, 1.807) is 6.33 Å². The number of fused-ring (bicyclic) bond motifs is 1. The average Bonchev–Trinajstić information content (AvgIpc) is 3.64. The predicted octanol–water partition coefficient (Wildman–Crippen LogP) is 5.10. The van der Waals surface area contributed by atoms with Crippen molar-refractivity contribution < 1.29 is 9.53 Å². The van der Waals surface area contributed by atoms with Crippen molar-refractivity contribution in [1.82, 2.24) is 15.0 Å². The zero-order chi connectivity index (χ0) is 20.5. The molecule has 4 aromatic rings. The van der Waals surface area contributed by atoms with E-state index in [-0.39, 0.29) is 0 Å². The van der Waals surface area contributed by atoms with E-state index in [1.165, 1.54) is 7.11 Å². The van der Waals surface area contributed by atoms with Crippen LogP contribution >= 0.6 is 0 Å². The highest BCUT2D eigenvalue weighted by Gasteiger charge is 2.26. The van der Waals surface area contributed by atoms with Crippen LogP contribution in [-0.2, 0) is 4.74 Å². The van der Waals surface area contributed by atoms with Gasteiger partial charge < -0.3 is 10.1 Å². The van der Waals surface area contributed by atoms with E-state index >= 15 is 0 Å². The molecule has 0 spiro atoms. The molecule has 2 aromatic heterocycles. The normalized spacial score (nSPS) is 13.2. The van der Waals surface area contributed by atoms with Gasteiger partial charge in [-0.25, -0.2) is 19.7 Å². The summed E-state index contributed by atoms with van der Waals surface area (Å²) in [6, 6.07) is 17.8. The Morgan fingerprint density at radius 3 is 2.63 bits per heavy atom. The van der Waals surface area contributed by atoms with Crippen molar-refractivity contribution in [1.29, 1.82) is 0 Å². The quantitative estimate of drug-likeness (QED) is 0.473. The van der Waals surface area contributed by atoms with Gasteiger partial charge in [0.2, 0.25) is 0 Å². The molecule has 1 aliphatic carbocycles. The molecule has 0 atom stereocenters. The smallest absolute Gasteiger partial charge is 0.341 e.